The summed E-state index contributed by atoms with van der Waals surface area (Å²) in [4.78, 5) is 26.6. The van der Waals surface area contributed by atoms with Crippen LogP contribution in [-0.2, 0) is 4.79 Å². The van der Waals surface area contributed by atoms with E-state index in [1.165, 1.54) is 4.90 Å². The second-order valence-corrected chi connectivity index (χ2v) is 7.29. The second-order valence-electron chi connectivity index (χ2n) is 5.40. The van der Waals surface area contributed by atoms with E-state index in [0.29, 0.717) is 27.8 Å². The van der Waals surface area contributed by atoms with Crippen LogP contribution in [0.25, 0.3) is 0 Å². The van der Waals surface area contributed by atoms with Crippen LogP contribution < -0.4 is 5.32 Å². The first-order valence-electron chi connectivity index (χ1n) is 7.63. The maximum atomic E-state index is 12.8. The first kappa shape index (κ1) is 20.0. The number of nitrogens with zero attached hydrogens (tertiary/aromatic N) is 1. The van der Waals surface area contributed by atoms with Gasteiger partial charge in [-0.2, -0.15) is 0 Å². The number of amides is 2. The van der Waals surface area contributed by atoms with Gasteiger partial charge in [-0.1, -0.05) is 41.4 Å². The van der Waals surface area contributed by atoms with E-state index >= 15 is 0 Å². The van der Waals surface area contributed by atoms with Crippen molar-refractivity contribution in [3.05, 3.63) is 61.1 Å². The second kappa shape index (κ2) is 8.87. The summed E-state index contributed by atoms with van der Waals surface area (Å²) in [6, 6.07) is 10.5. The van der Waals surface area contributed by atoms with Gasteiger partial charge in [-0.05, 0) is 60.2 Å². The van der Waals surface area contributed by atoms with Crippen LogP contribution in [0.5, 0.6) is 0 Å². The van der Waals surface area contributed by atoms with Crippen LogP contribution in [0, 0.1) is 10.5 Å². The van der Waals surface area contributed by atoms with Crippen LogP contribution >= 0.6 is 45.8 Å². The van der Waals surface area contributed by atoms with E-state index in [0.717, 1.165) is 9.13 Å². The fourth-order valence-corrected chi connectivity index (χ4v) is 3.36. The highest BCUT2D eigenvalue weighted by Gasteiger charge is 2.21. The van der Waals surface area contributed by atoms with Gasteiger partial charge < -0.3 is 10.2 Å². The molecule has 25 heavy (non-hydrogen) atoms. The van der Waals surface area contributed by atoms with Gasteiger partial charge >= 0.3 is 0 Å². The third-order valence-electron chi connectivity index (χ3n) is 3.65. The first-order valence-corrected chi connectivity index (χ1v) is 9.46. The first-order chi connectivity index (χ1) is 11.8. The van der Waals surface area contributed by atoms with Crippen LogP contribution in [0.4, 0.5) is 5.69 Å². The highest BCUT2D eigenvalue weighted by Crippen LogP contribution is 2.29. The third-order valence-corrected chi connectivity index (χ3v) is 5.71. The molecule has 2 aromatic carbocycles. The maximum absolute atomic E-state index is 12.8. The normalized spacial score (nSPS) is 10.4. The molecule has 132 valence electrons. The number of rotatable bonds is 5. The average molecular weight is 491 g/mol. The van der Waals surface area contributed by atoms with Gasteiger partial charge in [0.25, 0.3) is 5.91 Å². The number of anilines is 1. The van der Waals surface area contributed by atoms with E-state index < -0.39 is 0 Å². The fourth-order valence-electron chi connectivity index (χ4n) is 2.28. The lowest BCUT2D eigenvalue weighted by Gasteiger charge is -2.21. The lowest BCUT2D eigenvalue weighted by Crippen LogP contribution is -2.38. The van der Waals surface area contributed by atoms with Crippen molar-refractivity contribution in [1.82, 2.24) is 4.90 Å². The number of likely N-dealkylation sites (N-methyl/N-ethyl adjacent to an activating group) is 1. The van der Waals surface area contributed by atoms with Crippen molar-refractivity contribution >= 4 is 63.3 Å². The maximum Gasteiger partial charge on any atom is 0.255 e. The number of benzene rings is 2. The molecule has 0 heterocycles. The Kier molecular flexibility index (Phi) is 7.10. The van der Waals surface area contributed by atoms with E-state index in [1.54, 1.807) is 24.3 Å². The number of aryl methyl sites for hydroxylation is 1. The lowest BCUT2D eigenvalue weighted by molar-refractivity contribution is -0.116. The summed E-state index contributed by atoms with van der Waals surface area (Å²) < 4.78 is 0.887. The number of hydrogen-bond acceptors (Lipinski definition) is 2. The van der Waals surface area contributed by atoms with Gasteiger partial charge in [0.15, 0.2) is 0 Å². The van der Waals surface area contributed by atoms with Crippen LogP contribution in [0.3, 0.4) is 0 Å². The molecule has 0 atom stereocenters. The fraction of sp³-hybridized carbons (Fsp3) is 0.222. The number of carbonyl (C=O) groups excluding carboxylic acids is 2. The standard InChI is InChI=1S/C18H17Cl2IN2O2/c1-3-23(18(25)12-7-4-6-11(2)16(12)21)10-15(24)22-17-13(19)8-5-9-14(17)20/h4-9H,3,10H2,1-2H3,(H,22,24). The van der Waals surface area contributed by atoms with Crippen molar-refractivity contribution in [2.75, 3.05) is 18.4 Å². The molecular weight excluding hydrogens is 474 g/mol. The van der Waals surface area contributed by atoms with Gasteiger partial charge in [0.2, 0.25) is 5.91 Å². The third kappa shape index (κ3) is 4.86. The molecule has 7 heteroatoms. The number of hydrogen-bond donors (Lipinski definition) is 1. The number of halogens is 3. The van der Waals surface area contributed by atoms with E-state index in [-0.39, 0.29) is 18.4 Å². The topological polar surface area (TPSA) is 49.4 Å². The molecule has 0 saturated carbocycles. The highest BCUT2D eigenvalue weighted by atomic mass is 127. The van der Waals surface area contributed by atoms with Gasteiger partial charge in [0.1, 0.15) is 6.54 Å². The Hall–Kier alpha value is -1.31. The zero-order chi connectivity index (χ0) is 18.6. The van der Waals surface area contributed by atoms with Gasteiger partial charge in [-0.25, -0.2) is 0 Å². The van der Waals surface area contributed by atoms with Crippen molar-refractivity contribution in [2.24, 2.45) is 0 Å². The Morgan fingerprint density at radius 2 is 1.72 bits per heavy atom. The predicted molar refractivity (Wildman–Crippen MR) is 111 cm³/mol. The molecule has 0 aromatic heterocycles. The summed E-state index contributed by atoms with van der Waals surface area (Å²) in [5.74, 6) is -0.538. The molecule has 0 saturated heterocycles. The van der Waals surface area contributed by atoms with Crippen LogP contribution in [0.2, 0.25) is 10.0 Å². The summed E-state index contributed by atoms with van der Waals surface area (Å²) in [6.07, 6.45) is 0. The Bertz CT molecular complexity index is 791. The molecule has 0 fully saturated rings. The molecule has 4 nitrogen and oxygen atoms in total. The van der Waals surface area contributed by atoms with Crippen molar-refractivity contribution < 1.29 is 9.59 Å². The SMILES string of the molecule is CCN(CC(=O)Nc1c(Cl)cccc1Cl)C(=O)c1cccc(C)c1I. The molecule has 0 aliphatic heterocycles. The Labute approximate surface area is 170 Å². The van der Waals surface area contributed by atoms with E-state index in [2.05, 4.69) is 27.9 Å². The zero-order valence-electron chi connectivity index (χ0n) is 13.8. The van der Waals surface area contributed by atoms with E-state index in [4.69, 9.17) is 23.2 Å². The largest absolute Gasteiger partial charge is 0.330 e. The molecule has 2 rings (SSSR count). The molecule has 2 amide bonds. The molecule has 0 unspecified atom stereocenters. The Morgan fingerprint density at radius 1 is 1.12 bits per heavy atom. The summed E-state index contributed by atoms with van der Waals surface area (Å²) >= 11 is 14.3. The molecule has 1 N–H and O–H groups in total. The summed E-state index contributed by atoms with van der Waals surface area (Å²) in [5, 5.41) is 3.38. The lowest BCUT2D eigenvalue weighted by atomic mass is 10.1. The van der Waals surface area contributed by atoms with Crippen molar-refractivity contribution in [2.45, 2.75) is 13.8 Å². The van der Waals surface area contributed by atoms with Crippen LogP contribution in [0.1, 0.15) is 22.8 Å². The molecule has 2 aromatic rings. The monoisotopic (exact) mass is 490 g/mol. The Balaban J connectivity index is 2.15. The highest BCUT2D eigenvalue weighted by molar-refractivity contribution is 14.1. The van der Waals surface area contributed by atoms with Crippen LogP contribution in [0.15, 0.2) is 36.4 Å². The number of nitrogens with one attached hydrogen (secondary N) is 1. The Morgan fingerprint density at radius 3 is 2.32 bits per heavy atom. The van der Waals surface area contributed by atoms with E-state index in [1.807, 2.05) is 26.0 Å². The molecule has 0 radical (unpaired) electrons. The number of carbonyl (C=O) groups is 2. The summed E-state index contributed by atoms with van der Waals surface area (Å²) in [7, 11) is 0. The predicted octanol–water partition coefficient (Wildman–Crippen LogP) is 5.01. The summed E-state index contributed by atoms with van der Waals surface area (Å²) in [6.45, 7) is 4.10. The van der Waals surface area contributed by atoms with E-state index in [9.17, 15) is 9.59 Å². The molecule has 0 aliphatic carbocycles. The molecule has 0 aliphatic rings. The van der Waals surface area contributed by atoms with Crippen molar-refractivity contribution in [3.63, 3.8) is 0 Å². The smallest absolute Gasteiger partial charge is 0.255 e. The minimum absolute atomic E-state index is 0.0824. The molecular formula is C18H17Cl2IN2O2. The number of para-hydroxylation sites is 1. The van der Waals surface area contributed by atoms with Crippen LogP contribution in [-0.4, -0.2) is 29.8 Å². The van der Waals surface area contributed by atoms with Gasteiger partial charge in [0.05, 0.1) is 21.3 Å². The average Bonchev–Trinajstić information content (AvgIpc) is 2.58. The van der Waals surface area contributed by atoms with Gasteiger partial charge in [-0.3, -0.25) is 9.59 Å². The van der Waals surface area contributed by atoms with Gasteiger partial charge in [0, 0.05) is 10.1 Å². The van der Waals surface area contributed by atoms with Gasteiger partial charge in [-0.15, -0.1) is 0 Å². The summed E-state index contributed by atoms with van der Waals surface area (Å²) in [5.41, 5.74) is 1.96. The quantitative estimate of drug-likeness (QED) is 0.599. The molecule has 0 spiro atoms. The molecule has 0 bridgehead atoms. The zero-order valence-corrected chi connectivity index (χ0v) is 17.4. The van der Waals surface area contributed by atoms with Crippen molar-refractivity contribution in [3.8, 4) is 0 Å². The minimum atomic E-state index is -0.354. The van der Waals surface area contributed by atoms with Crippen molar-refractivity contribution in [1.29, 1.82) is 0 Å². The minimum Gasteiger partial charge on any atom is -0.330 e.